The predicted molar refractivity (Wildman–Crippen MR) is 60.7 cm³/mol. The van der Waals surface area contributed by atoms with Crippen LogP contribution in [-0.2, 0) is 0 Å². The molecule has 0 fully saturated rings. The van der Waals surface area contributed by atoms with Gasteiger partial charge in [-0.3, -0.25) is 14.2 Å². The molecular weight excluding hydrogens is 202 g/mol. The van der Waals surface area contributed by atoms with Crippen molar-refractivity contribution in [1.29, 1.82) is 0 Å². The van der Waals surface area contributed by atoms with Gasteiger partial charge in [-0.2, -0.15) is 0 Å². The van der Waals surface area contributed by atoms with Gasteiger partial charge in [-0.25, -0.2) is 0 Å². The second-order valence-electron chi connectivity index (χ2n) is 3.59. The topological polar surface area (TPSA) is 39.1 Å². The number of carbonyl (C=O) groups is 2. The van der Waals surface area contributed by atoms with Crippen LogP contribution in [0.1, 0.15) is 26.4 Å². The van der Waals surface area contributed by atoms with Gasteiger partial charge in [0, 0.05) is 11.8 Å². The molecule has 3 nitrogen and oxygen atoms in total. The highest BCUT2D eigenvalue weighted by atomic mass is 16.2. The Balaban J connectivity index is 2.39. The van der Waals surface area contributed by atoms with Gasteiger partial charge in [-0.1, -0.05) is 17.7 Å². The second-order valence-corrected chi connectivity index (χ2v) is 3.59. The molecule has 0 spiro atoms. The molecule has 1 aromatic carbocycles. The molecule has 1 heterocycles. The molecule has 0 aliphatic heterocycles. The summed E-state index contributed by atoms with van der Waals surface area (Å²) < 4.78 is 1.34. The zero-order valence-electron chi connectivity index (χ0n) is 8.88. The Morgan fingerprint density at radius 3 is 2.50 bits per heavy atom. The highest BCUT2D eigenvalue weighted by Crippen LogP contribution is 2.08. The normalized spacial score (nSPS) is 10.1. The number of hydrogen-bond acceptors (Lipinski definition) is 2. The van der Waals surface area contributed by atoms with E-state index in [0.717, 1.165) is 5.56 Å². The van der Waals surface area contributed by atoms with Crippen molar-refractivity contribution >= 4 is 12.2 Å². The highest BCUT2D eigenvalue weighted by molar-refractivity contribution is 5.98. The summed E-state index contributed by atoms with van der Waals surface area (Å²) in [5, 5.41) is 0. The number of benzene rings is 1. The van der Waals surface area contributed by atoms with Crippen molar-refractivity contribution < 1.29 is 9.59 Å². The van der Waals surface area contributed by atoms with Gasteiger partial charge >= 0.3 is 0 Å². The minimum Gasteiger partial charge on any atom is -0.296 e. The summed E-state index contributed by atoms with van der Waals surface area (Å²) in [6, 6.07) is 10.5. The maximum atomic E-state index is 12.0. The van der Waals surface area contributed by atoms with E-state index in [2.05, 4.69) is 0 Å². The molecule has 80 valence electrons. The fourth-order valence-corrected chi connectivity index (χ4v) is 1.51. The van der Waals surface area contributed by atoms with E-state index in [9.17, 15) is 9.59 Å². The molecule has 2 rings (SSSR count). The van der Waals surface area contributed by atoms with Crippen LogP contribution in [0.15, 0.2) is 42.6 Å². The van der Waals surface area contributed by atoms with Crippen LogP contribution >= 0.6 is 0 Å². The quantitative estimate of drug-likeness (QED) is 0.718. The minimum atomic E-state index is -0.188. The molecule has 0 saturated carbocycles. The van der Waals surface area contributed by atoms with Crippen molar-refractivity contribution in [2.75, 3.05) is 0 Å². The molecule has 0 radical (unpaired) electrons. The van der Waals surface area contributed by atoms with E-state index in [1.807, 2.05) is 19.1 Å². The lowest BCUT2D eigenvalue weighted by Gasteiger charge is -2.04. The van der Waals surface area contributed by atoms with Crippen LogP contribution in [0.3, 0.4) is 0 Å². The predicted octanol–water partition coefficient (Wildman–Crippen LogP) is 2.30. The SMILES string of the molecule is Cc1ccc(C(=O)n2cccc2C=O)cc1. The van der Waals surface area contributed by atoms with Gasteiger partial charge in [-0.05, 0) is 31.2 Å². The second kappa shape index (κ2) is 4.14. The Kier molecular flexibility index (Phi) is 2.68. The van der Waals surface area contributed by atoms with E-state index < -0.39 is 0 Å². The monoisotopic (exact) mass is 213 g/mol. The standard InChI is InChI=1S/C13H11NO2/c1-10-4-6-11(7-5-10)13(16)14-8-2-3-12(14)9-15/h2-9H,1H3. The van der Waals surface area contributed by atoms with Crippen LogP contribution < -0.4 is 0 Å². The third-order valence-corrected chi connectivity index (χ3v) is 2.42. The number of nitrogens with zero attached hydrogens (tertiary/aromatic N) is 1. The molecule has 0 saturated heterocycles. The Labute approximate surface area is 93.3 Å². The van der Waals surface area contributed by atoms with Crippen LogP contribution in [0.5, 0.6) is 0 Å². The van der Waals surface area contributed by atoms with E-state index in [4.69, 9.17) is 0 Å². The Bertz CT molecular complexity index is 523. The zero-order chi connectivity index (χ0) is 11.5. The Morgan fingerprint density at radius 2 is 1.88 bits per heavy atom. The van der Waals surface area contributed by atoms with E-state index >= 15 is 0 Å². The molecule has 2 aromatic rings. The molecule has 0 atom stereocenters. The summed E-state index contributed by atoms with van der Waals surface area (Å²) in [6.45, 7) is 1.96. The van der Waals surface area contributed by atoms with Crippen LogP contribution in [0.2, 0.25) is 0 Å². The van der Waals surface area contributed by atoms with Gasteiger partial charge in [0.05, 0.1) is 5.69 Å². The third kappa shape index (κ3) is 1.80. The largest absolute Gasteiger partial charge is 0.296 e. The summed E-state index contributed by atoms with van der Waals surface area (Å²) in [7, 11) is 0. The molecule has 0 bridgehead atoms. The highest BCUT2D eigenvalue weighted by Gasteiger charge is 2.10. The van der Waals surface area contributed by atoms with E-state index in [1.165, 1.54) is 4.57 Å². The van der Waals surface area contributed by atoms with Gasteiger partial charge in [-0.15, -0.1) is 0 Å². The minimum absolute atomic E-state index is 0.188. The van der Waals surface area contributed by atoms with Crippen molar-refractivity contribution in [3.05, 3.63) is 59.4 Å². The first-order valence-electron chi connectivity index (χ1n) is 4.96. The number of rotatable bonds is 2. The molecule has 0 amide bonds. The van der Waals surface area contributed by atoms with Crippen molar-refractivity contribution in [3.8, 4) is 0 Å². The maximum Gasteiger partial charge on any atom is 0.262 e. The zero-order valence-corrected chi connectivity index (χ0v) is 8.88. The van der Waals surface area contributed by atoms with Gasteiger partial charge in [0.2, 0.25) is 0 Å². The summed E-state index contributed by atoms with van der Waals surface area (Å²) in [4.78, 5) is 22.7. The Hall–Kier alpha value is -2.16. The van der Waals surface area contributed by atoms with Crippen molar-refractivity contribution in [2.45, 2.75) is 6.92 Å². The molecule has 16 heavy (non-hydrogen) atoms. The van der Waals surface area contributed by atoms with E-state index in [-0.39, 0.29) is 5.91 Å². The van der Waals surface area contributed by atoms with Gasteiger partial charge in [0.1, 0.15) is 0 Å². The number of aldehydes is 1. The van der Waals surface area contributed by atoms with Gasteiger partial charge in [0.25, 0.3) is 5.91 Å². The van der Waals surface area contributed by atoms with E-state index in [1.54, 1.807) is 30.5 Å². The van der Waals surface area contributed by atoms with Crippen LogP contribution in [0, 0.1) is 6.92 Å². The molecule has 0 aliphatic carbocycles. The lowest BCUT2D eigenvalue weighted by Crippen LogP contribution is -2.13. The number of hydrogen-bond donors (Lipinski definition) is 0. The fourth-order valence-electron chi connectivity index (χ4n) is 1.51. The molecular formula is C13H11NO2. The first-order valence-corrected chi connectivity index (χ1v) is 4.96. The van der Waals surface area contributed by atoms with Crippen molar-refractivity contribution in [1.82, 2.24) is 4.57 Å². The lowest BCUT2D eigenvalue weighted by molar-refractivity contribution is 0.0947. The number of aryl methyl sites for hydroxylation is 1. The number of carbonyl (C=O) groups excluding carboxylic acids is 2. The van der Waals surface area contributed by atoms with Gasteiger partial charge < -0.3 is 0 Å². The Morgan fingerprint density at radius 1 is 1.19 bits per heavy atom. The summed E-state index contributed by atoms with van der Waals surface area (Å²) in [5.41, 5.74) is 2.04. The molecule has 0 N–H and O–H groups in total. The molecule has 3 heteroatoms. The van der Waals surface area contributed by atoms with Crippen molar-refractivity contribution in [3.63, 3.8) is 0 Å². The van der Waals surface area contributed by atoms with Crippen molar-refractivity contribution in [2.24, 2.45) is 0 Å². The third-order valence-electron chi connectivity index (χ3n) is 2.42. The first kappa shape index (κ1) is 10.4. The summed E-state index contributed by atoms with van der Waals surface area (Å²) in [5.74, 6) is -0.188. The first-order chi connectivity index (χ1) is 7.72. The van der Waals surface area contributed by atoms with Gasteiger partial charge in [0.15, 0.2) is 6.29 Å². The average molecular weight is 213 g/mol. The summed E-state index contributed by atoms with van der Waals surface area (Å²) in [6.07, 6.45) is 2.26. The van der Waals surface area contributed by atoms with Crippen LogP contribution in [-0.4, -0.2) is 16.8 Å². The lowest BCUT2D eigenvalue weighted by atomic mass is 10.1. The van der Waals surface area contributed by atoms with Crippen LogP contribution in [0.25, 0.3) is 0 Å². The maximum absolute atomic E-state index is 12.0. The summed E-state index contributed by atoms with van der Waals surface area (Å²) >= 11 is 0. The molecule has 0 aliphatic rings. The fraction of sp³-hybridized carbons (Fsp3) is 0.0769. The molecule has 1 aromatic heterocycles. The van der Waals surface area contributed by atoms with Crippen LogP contribution in [0.4, 0.5) is 0 Å². The number of aromatic nitrogens is 1. The van der Waals surface area contributed by atoms with E-state index in [0.29, 0.717) is 17.5 Å². The average Bonchev–Trinajstić information content (AvgIpc) is 2.77. The smallest absolute Gasteiger partial charge is 0.262 e. The molecule has 0 unspecified atom stereocenters.